The van der Waals surface area contributed by atoms with Crippen molar-refractivity contribution in [1.29, 1.82) is 0 Å². The van der Waals surface area contributed by atoms with Crippen LogP contribution in [0.3, 0.4) is 0 Å². The third-order valence-electron chi connectivity index (χ3n) is 4.98. The van der Waals surface area contributed by atoms with Crippen molar-refractivity contribution in [2.24, 2.45) is 11.7 Å². The van der Waals surface area contributed by atoms with Gasteiger partial charge in [-0.2, -0.15) is 0 Å². The number of nitrogens with zero attached hydrogens (tertiary/aromatic N) is 1. The summed E-state index contributed by atoms with van der Waals surface area (Å²) >= 11 is 0. The number of benzene rings is 1. The number of nitrogens with two attached hydrogens (primary N) is 1. The molecule has 0 bridgehead atoms. The van der Waals surface area contributed by atoms with Crippen molar-refractivity contribution in [3.8, 4) is 0 Å². The third kappa shape index (κ3) is 3.69. The fraction of sp³-hybridized carbons (Fsp3) is 0.526. The zero-order valence-corrected chi connectivity index (χ0v) is 14.4. The van der Waals surface area contributed by atoms with Crippen LogP contribution in [0, 0.1) is 5.92 Å². The molecule has 1 aromatic carbocycles. The fourth-order valence-corrected chi connectivity index (χ4v) is 3.28. The Morgan fingerprint density at radius 3 is 2.83 bits per heavy atom. The quantitative estimate of drug-likeness (QED) is 0.777. The van der Waals surface area contributed by atoms with E-state index in [1.54, 1.807) is 11.7 Å². The van der Waals surface area contributed by atoms with Crippen molar-refractivity contribution < 1.29 is 4.74 Å². The summed E-state index contributed by atoms with van der Waals surface area (Å²) in [6.07, 6.45) is 4.08. The van der Waals surface area contributed by atoms with Crippen molar-refractivity contribution in [2.45, 2.75) is 38.9 Å². The number of pyridine rings is 1. The van der Waals surface area contributed by atoms with Gasteiger partial charge in [0.25, 0.3) is 5.56 Å². The molecule has 24 heavy (non-hydrogen) atoms. The minimum absolute atomic E-state index is 0.0129. The Kier molecular flexibility index (Phi) is 5.66. The summed E-state index contributed by atoms with van der Waals surface area (Å²) in [6, 6.07) is 8.11. The standard InChI is InChI=1S/C19H27N3O2/c1-24-8-7-22-17(11-20)10-16-9-15(5-6-18(16)19(22)23)13-21-12-14-3-2-4-14/h5-6,9-10,14,21H,2-4,7-8,11-13,20H2,1H3. The molecular formula is C19H27N3O2. The van der Waals surface area contributed by atoms with Crippen LogP contribution in [0.25, 0.3) is 10.8 Å². The average Bonchev–Trinajstić information content (AvgIpc) is 2.55. The van der Waals surface area contributed by atoms with Crippen molar-refractivity contribution >= 4 is 10.8 Å². The van der Waals surface area contributed by atoms with Gasteiger partial charge >= 0.3 is 0 Å². The van der Waals surface area contributed by atoms with Gasteiger partial charge in [-0.15, -0.1) is 0 Å². The topological polar surface area (TPSA) is 69.3 Å². The van der Waals surface area contributed by atoms with E-state index < -0.39 is 0 Å². The maximum absolute atomic E-state index is 12.7. The van der Waals surface area contributed by atoms with Gasteiger partial charge in [-0.3, -0.25) is 4.79 Å². The molecule has 2 aromatic rings. The molecule has 0 saturated heterocycles. The summed E-state index contributed by atoms with van der Waals surface area (Å²) in [7, 11) is 1.64. The van der Waals surface area contributed by atoms with Gasteiger partial charge < -0.3 is 20.4 Å². The van der Waals surface area contributed by atoms with E-state index in [4.69, 9.17) is 10.5 Å². The van der Waals surface area contributed by atoms with Gasteiger partial charge in [0.2, 0.25) is 0 Å². The van der Waals surface area contributed by atoms with Gasteiger partial charge in [0.05, 0.1) is 6.61 Å². The Morgan fingerprint density at radius 2 is 2.17 bits per heavy atom. The molecule has 1 fully saturated rings. The van der Waals surface area contributed by atoms with E-state index in [9.17, 15) is 4.79 Å². The number of ether oxygens (including phenoxy) is 1. The maximum Gasteiger partial charge on any atom is 0.258 e. The summed E-state index contributed by atoms with van der Waals surface area (Å²) in [5.74, 6) is 0.849. The van der Waals surface area contributed by atoms with E-state index in [-0.39, 0.29) is 5.56 Å². The number of hydrogen-bond donors (Lipinski definition) is 2. The van der Waals surface area contributed by atoms with Crippen LogP contribution in [0.4, 0.5) is 0 Å². The number of hydrogen-bond acceptors (Lipinski definition) is 4. The van der Waals surface area contributed by atoms with Gasteiger partial charge in [-0.1, -0.05) is 12.5 Å². The van der Waals surface area contributed by atoms with Crippen LogP contribution in [0.2, 0.25) is 0 Å². The number of nitrogens with one attached hydrogen (secondary N) is 1. The van der Waals surface area contributed by atoms with Crippen LogP contribution in [-0.4, -0.2) is 24.8 Å². The average molecular weight is 329 g/mol. The van der Waals surface area contributed by atoms with Gasteiger partial charge in [0.15, 0.2) is 0 Å². The van der Waals surface area contributed by atoms with Crippen LogP contribution in [0.5, 0.6) is 0 Å². The van der Waals surface area contributed by atoms with Crippen molar-refractivity contribution in [3.63, 3.8) is 0 Å². The molecule has 3 rings (SSSR count). The SMILES string of the molecule is COCCn1c(CN)cc2cc(CNCC3CCC3)ccc2c1=O. The van der Waals surface area contributed by atoms with Crippen LogP contribution < -0.4 is 16.6 Å². The lowest BCUT2D eigenvalue weighted by Crippen LogP contribution is -2.27. The monoisotopic (exact) mass is 329 g/mol. The van der Waals surface area contributed by atoms with E-state index in [1.165, 1.54) is 24.8 Å². The zero-order chi connectivity index (χ0) is 16.9. The van der Waals surface area contributed by atoms with E-state index in [0.29, 0.717) is 19.7 Å². The van der Waals surface area contributed by atoms with Crippen LogP contribution >= 0.6 is 0 Å². The van der Waals surface area contributed by atoms with Gasteiger partial charge in [-0.25, -0.2) is 0 Å². The summed E-state index contributed by atoms with van der Waals surface area (Å²) < 4.78 is 6.82. The van der Waals surface area contributed by atoms with Gasteiger partial charge in [-0.05, 0) is 54.5 Å². The Hall–Kier alpha value is -1.69. The molecule has 1 saturated carbocycles. The lowest BCUT2D eigenvalue weighted by Gasteiger charge is -2.25. The first kappa shape index (κ1) is 17.1. The second-order valence-corrected chi connectivity index (χ2v) is 6.64. The number of fused-ring (bicyclic) bond motifs is 1. The lowest BCUT2D eigenvalue weighted by molar-refractivity contribution is 0.185. The smallest absolute Gasteiger partial charge is 0.258 e. The minimum Gasteiger partial charge on any atom is -0.383 e. The predicted molar refractivity (Wildman–Crippen MR) is 97.0 cm³/mol. The van der Waals surface area contributed by atoms with Crippen molar-refractivity contribution in [2.75, 3.05) is 20.3 Å². The lowest BCUT2D eigenvalue weighted by atomic mass is 9.85. The highest BCUT2D eigenvalue weighted by atomic mass is 16.5. The fourth-order valence-electron chi connectivity index (χ4n) is 3.28. The summed E-state index contributed by atoms with van der Waals surface area (Å²) in [4.78, 5) is 12.7. The number of rotatable bonds is 8. The first-order valence-electron chi connectivity index (χ1n) is 8.78. The molecule has 1 aromatic heterocycles. The first-order valence-corrected chi connectivity index (χ1v) is 8.78. The molecule has 0 amide bonds. The summed E-state index contributed by atoms with van der Waals surface area (Å²) in [6.45, 7) is 3.31. The van der Waals surface area contributed by atoms with Gasteiger partial charge in [0.1, 0.15) is 0 Å². The summed E-state index contributed by atoms with van der Waals surface area (Å²) in [5.41, 5.74) is 7.91. The normalized spacial score (nSPS) is 14.9. The Balaban J connectivity index is 1.81. The van der Waals surface area contributed by atoms with Crippen LogP contribution in [0.1, 0.15) is 30.5 Å². The van der Waals surface area contributed by atoms with E-state index >= 15 is 0 Å². The van der Waals surface area contributed by atoms with E-state index in [2.05, 4.69) is 11.4 Å². The molecular weight excluding hydrogens is 302 g/mol. The highest BCUT2D eigenvalue weighted by Crippen LogP contribution is 2.25. The molecule has 5 nitrogen and oxygen atoms in total. The third-order valence-corrected chi connectivity index (χ3v) is 4.98. The van der Waals surface area contributed by atoms with Gasteiger partial charge in [0, 0.05) is 37.8 Å². The minimum atomic E-state index is 0.0129. The molecule has 1 aliphatic carbocycles. The molecule has 0 aliphatic heterocycles. The zero-order valence-electron chi connectivity index (χ0n) is 14.4. The molecule has 130 valence electrons. The molecule has 1 heterocycles. The molecule has 1 aliphatic rings. The summed E-state index contributed by atoms with van der Waals surface area (Å²) in [5, 5.41) is 5.24. The molecule has 0 radical (unpaired) electrons. The second kappa shape index (κ2) is 7.92. The number of methoxy groups -OCH3 is 1. The Labute approximate surface area is 142 Å². The maximum atomic E-state index is 12.7. The molecule has 0 atom stereocenters. The molecule has 0 unspecified atom stereocenters. The van der Waals surface area contributed by atoms with E-state index in [0.717, 1.165) is 35.5 Å². The molecule has 0 spiro atoms. The van der Waals surface area contributed by atoms with Crippen molar-refractivity contribution in [3.05, 3.63) is 45.9 Å². The highest BCUT2D eigenvalue weighted by Gasteiger charge is 2.16. The molecule has 5 heteroatoms. The largest absolute Gasteiger partial charge is 0.383 e. The van der Waals surface area contributed by atoms with Crippen molar-refractivity contribution in [1.82, 2.24) is 9.88 Å². The second-order valence-electron chi connectivity index (χ2n) is 6.64. The number of aromatic nitrogens is 1. The van der Waals surface area contributed by atoms with Crippen LogP contribution in [0.15, 0.2) is 29.1 Å². The van der Waals surface area contributed by atoms with E-state index in [1.807, 2.05) is 18.2 Å². The molecule has 3 N–H and O–H groups in total. The predicted octanol–water partition coefficient (Wildman–Crippen LogP) is 2.00. The Bertz CT molecular complexity index is 750. The van der Waals surface area contributed by atoms with Crippen LogP contribution in [-0.2, 0) is 24.4 Å². The Morgan fingerprint density at radius 1 is 1.33 bits per heavy atom. The first-order chi connectivity index (χ1) is 11.7. The highest BCUT2D eigenvalue weighted by molar-refractivity contribution is 5.82.